The minimum atomic E-state index is -3.90. The molecule has 9 heteroatoms. The van der Waals surface area contributed by atoms with Crippen molar-refractivity contribution in [2.24, 2.45) is 0 Å². The summed E-state index contributed by atoms with van der Waals surface area (Å²) in [5.41, 5.74) is 1.65. The quantitative estimate of drug-likeness (QED) is 0.542. The van der Waals surface area contributed by atoms with Crippen LogP contribution in [0.5, 0.6) is 17.2 Å². The zero-order chi connectivity index (χ0) is 22.6. The highest BCUT2D eigenvalue weighted by atomic mass is 32.2. The van der Waals surface area contributed by atoms with E-state index in [2.05, 4.69) is 10.0 Å². The van der Waals surface area contributed by atoms with Gasteiger partial charge in [-0.2, -0.15) is 0 Å². The average molecular weight is 455 g/mol. The van der Waals surface area contributed by atoms with E-state index in [9.17, 15) is 13.2 Å². The Balaban J connectivity index is 1.39. The molecule has 0 fully saturated rings. The molecular formula is C23H22N2O6S. The van der Waals surface area contributed by atoms with E-state index in [0.717, 1.165) is 11.3 Å². The van der Waals surface area contributed by atoms with Crippen molar-refractivity contribution in [3.05, 3.63) is 77.9 Å². The number of hydrogen-bond acceptors (Lipinski definition) is 6. The van der Waals surface area contributed by atoms with E-state index in [4.69, 9.17) is 14.2 Å². The van der Waals surface area contributed by atoms with Gasteiger partial charge in [-0.3, -0.25) is 9.52 Å². The van der Waals surface area contributed by atoms with Crippen molar-refractivity contribution >= 4 is 21.6 Å². The molecule has 0 saturated heterocycles. The molecule has 2 N–H and O–H groups in total. The highest BCUT2D eigenvalue weighted by Gasteiger charge is 2.19. The van der Waals surface area contributed by atoms with Gasteiger partial charge in [0.05, 0.1) is 17.7 Å². The first-order valence-electron chi connectivity index (χ1n) is 9.88. The number of amides is 1. The topological polar surface area (TPSA) is 103 Å². The number of ether oxygens (including phenoxy) is 3. The molecule has 0 radical (unpaired) electrons. The van der Waals surface area contributed by atoms with Crippen LogP contribution in [0.2, 0.25) is 0 Å². The van der Waals surface area contributed by atoms with Gasteiger partial charge in [-0.05, 0) is 54.4 Å². The lowest BCUT2D eigenvalue weighted by atomic mass is 10.1. The Kier molecular flexibility index (Phi) is 6.18. The molecule has 0 unspecified atom stereocenters. The SMILES string of the molecule is COc1ccc(CCNC(=O)c2cccc(S(=O)(=O)Nc3ccc4c(c3)OCO4)c2)cc1. The van der Waals surface area contributed by atoms with Gasteiger partial charge in [-0.1, -0.05) is 18.2 Å². The van der Waals surface area contributed by atoms with Crippen molar-refractivity contribution in [3.8, 4) is 17.2 Å². The van der Waals surface area contributed by atoms with Crippen LogP contribution in [0.15, 0.2) is 71.6 Å². The normalized spacial score (nSPS) is 12.3. The number of carbonyl (C=O) groups excluding carboxylic acids is 1. The molecule has 1 heterocycles. The molecule has 0 bridgehead atoms. The molecule has 0 atom stereocenters. The minimum Gasteiger partial charge on any atom is -0.497 e. The van der Waals surface area contributed by atoms with Crippen LogP contribution in [-0.2, 0) is 16.4 Å². The van der Waals surface area contributed by atoms with Gasteiger partial charge in [0.2, 0.25) is 6.79 Å². The standard InChI is InChI=1S/C23H22N2O6S/c1-29-19-8-5-16(6-9-19)11-12-24-23(26)17-3-2-4-20(13-17)32(27,28)25-18-7-10-21-22(14-18)31-15-30-21/h2-10,13-14,25H,11-12,15H2,1H3,(H,24,26). The van der Waals surface area contributed by atoms with Crippen LogP contribution >= 0.6 is 0 Å². The second-order valence-electron chi connectivity index (χ2n) is 7.06. The molecule has 1 amide bonds. The molecule has 32 heavy (non-hydrogen) atoms. The van der Waals surface area contributed by atoms with Gasteiger partial charge in [-0.25, -0.2) is 8.42 Å². The van der Waals surface area contributed by atoms with Crippen molar-refractivity contribution in [1.82, 2.24) is 5.32 Å². The third-order valence-corrected chi connectivity index (χ3v) is 6.27. The molecule has 8 nitrogen and oxygen atoms in total. The third kappa shape index (κ3) is 4.94. The van der Waals surface area contributed by atoms with Crippen molar-refractivity contribution in [2.45, 2.75) is 11.3 Å². The molecule has 0 saturated carbocycles. The Morgan fingerprint density at radius 1 is 1.00 bits per heavy atom. The third-order valence-electron chi connectivity index (χ3n) is 4.89. The van der Waals surface area contributed by atoms with E-state index in [1.807, 2.05) is 24.3 Å². The summed E-state index contributed by atoms with van der Waals surface area (Å²) < 4.78 is 43.7. The molecule has 4 rings (SSSR count). The maximum Gasteiger partial charge on any atom is 0.261 e. The average Bonchev–Trinajstić information content (AvgIpc) is 3.27. The van der Waals surface area contributed by atoms with E-state index in [1.54, 1.807) is 31.4 Å². The molecule has 3 aromatic rings. The molecule has 0 aliphatic carbocycles. The van der Waals surface area contributed by atoms with E-state index in [-0.39, 0.29) is 23.2 Å². The fraction of sp³-hybridized carbons (Fsp3) is 0.174. The second kappa shape index (κ2) is 9.19. The van der Waals surface area contributed by atoms with Gasteiger partial charge < -0.3 is 19.5 Å². The summed E-state index contributed by atoms with van der Waals surface area (Å²) >= 11 is 0. The van der Waals surface area contributed by atoms with Gasteiger partial charge in [-0.15, -0.1) is 0 Å². The second-order valence-corrected chi connectivity index (χ2v) is 8.74. The number of benzene rings is 3. The number of anilines is 1. The van der Waals surface area contributed by atoms with Crippen LogP contribution in [0.3, 0.4) is 0 Å². The number of rotatable bonds is 8. The molecule has 3 aromatic carbocycles. The molecule has 1 aliphatic rings. The largest absolute Gasteiger partial charge is 0.497 e. The van der Waals surface area contributed by atoms with Crippen LogP contribution in [0.1, 0.15) is 15.9 Å². The molecule has 0 spiro atoms. The number of nitrogens with one attached hydrogen (secondary N) is 2. The van der Waals surface area contributed by atoms with Crippen molar-refractivity contribution in [2.75, 3.05) is 25.2 Å². The Morgan fingerprint density at radius 2 is 1.78 bits per heavy atom. The summed E-state index contributed by atoms with van der Waals surface area (Å²) in [5, 5.41) is 2.82. The van der Waals surface area contributed by atoms with Gasteiger partial charge in [0.15, 0.2) is 11.5 Å². The Morgan fingerprint density at radius 3 is 2.56 bits per heavy atom. The van der Waals surface area contributed by atoms with Gasteiger partial charge in [0, 0.05) is 18.2 Å². The Bertz CT molecular complexity index is 1230. The predicted molar refractivity (Wildman–Crippen MR) is 119 cm³/mol. The predicted octanol–water partition coefficient (Wildman–Crippen LogP) is 3.20. The first-order chi connectivity index (χ1) is 15.4. The van der Waals surface area contributed by atoms with Crippen molar-refractivity contribution in [1.29, 1.82) is 0 Å². The number of hydrogen-bond donors (Lipinski definition) is 2. The van der Waals surface area contributed by atoms with Crippen molar-refractivity contribution in [3.63, 3.8) is 0 Å². The fourth-order valence-corrected chi connectivity index (χ4v) is 4.29. The lowest BCUT2D eigenvalue weighted by Crippen LogP contribution is -2.26. The zero-order valence-corrected chi connectivity index (χ0v) is 18.1. The fourth-order valence-electron chi connectivity index (χ4n) is 3.19. The lowest BCUT2D eigenvalue weighted by molar-refractivity contribution is 0.0954. The first-order valence-corrected chi connectivity index (χ1v) is 11.4. The molecule has 0 aromatic heterocycles. The Labute approximate surface area is 186 Å². The van der Waals surface area contributed by atoms with Gasteiger partial charge >= 0.3 is 0 Å². The lowest BCUT2D eigenvalue weighted by Gasteiger charge is -2.10. The molecule has 1 aliphatic heterocycles. The summed E-state index contributed by atoms with van der Waals surface area (Å²) in [5.74, 6) is 1.44. The minimum absolute atomic E-state index is 0.0158. The van der Waals surface area contributed by atoms with E-state index < -0.39 is 10.0 Å². The maximum absolute atomic E-state index is 12.8. The van der Waals surface area contributed by atoms with Crippen LogP contribution in [0.4, 0.5) is 5.69 Å². The number of fused-ring (bicyclic) bond motifs is 1. The smallest absolute Gasteiger partial charge is 0.261 e. The summed E-state index contributed by atoms with van der Waals surface area (Å²) in [6.45, 7) is 0.513. The van der Waals surface area contributed by atoms with Crippen LogP contribution < -0.4 is 24.2 Å². The highest BCUT2D eigenvalue weighted by Crippen LogP contribution is 2.34. The monoisotopic (exact) mass is 454 g/mol. The first kappa shape index (κ1) is 21.5. The van der Waals surface area contributed by atoms with E-state index in [1.165, 1.54) is 18.2 Å². The Hall–Kier alpha value is -3.72. The molecule has 166 valence electrons. The van der Waals surface area contributed by atoms with Gasteiger partial charge in [0.1, 0.15) is 5.75 Å². The zero-order valence-electron chi connectivity index (χ0n) is 17.3. The van der Waals surface area contributed by atoms with E-state index >= 15 is 0 Å². The number of carbonyl (C=O) groups is 1. The number of sulfonamides is 1. The van der Waals surface area contributed by atoms with Crippen LogP contribution in [0, 0.1) is 0 Å². The summed E-state index contributed by atoms with van der Waals surface area (Å²) in [6.07, 6.45) is 0.638. The molecular weight excluding hydrogens is 432 g/mol. The van der Waals surface area contributed by atoms with Crippen LogP contribution in [-0.4, -0.2) is 34.8 Å². The van der Waals surface area contributed by atoms with Crippen LogP contribution in [0.25, 0.3) is 0 Å². The van der Waals surface area contributed by atoms with E-state index in [0.29, 0.717) is 30.2 Å². The summed E-state index contributed by atoms with van der Waals surface area (Å²) in [7, 11) is -2.29. The van der Waals surface area contributed by atoms with Gasteiger partial charge in [0.25, 0.3) is 15.9 Å². The summed E-state index contributed by atoms with van der Waals surface area (Å²) in [4.78, 5) is 12.5. The maximum atomic E-state index is 12.8. The summed E-state index contributed by atoms with van der Waals surface area (Å²) in [6, 6.07) is 18.2. The van der Waals surface area contributed by atoms with Crippen molar-refractivity contribution < 1.29 is 27.4 Å². The highest BCUT2D eigenvalue weighted by molar-refractivity contribution is 7.92. The number of methoxy groups -OCH3 is 1.